The van der Waals surface area contributed by atoms with E-state index in [1.807, 2.05) is 62.4 Å². The van der Waals surface area contributed by atoms with Crippen molar-refractivity contribution in [3.63, 3.8) is 0 Å². The third kappa shape index (κ3) is 5.98. The normalized spacial score (nSPS) is 25.1. The smallest absolute Gasteiger partial charge is 0.250 e. The molecule has 1 aromatic heterocycles. The Hall–Kier alpha value is -4.55. The minimum absolute atomic E-state index is 0.0469. The highest BCUT2D eigenvalue weighted by atomic mass is 16.5. The van der Waals surface area contributed by atoms with Crippen LogP contribution >= 0.6 is 0 Å². The second-order valence-electron chi connectivity index (χ2n) is 13.4. The average molecular weight is 685 g/mol. The van der Waals surface area contributed by atoms with Crippen LogP contribution in [-0.2, 0) is 25.8 Å². The van der Waals surface area contributed by atoms with Crippen molar-refractivity contribution in [1.29, 1.82) is 0 Å². The fourth-order valence-electron chi connectivity index (χ4n) is 8.42. The molecular formula is C38H48N6O6. The second kappa shape index (κ2) is 14.7. The van der Waals surface area contributed by atoms with Gasteiger partial charge in [0.25, 0.3) is 0 Å². The summed E-state index contributed by atoms with van der Waals surface area (Å²) in [6, 6.07) is 13.9. The number of hydrogen-bond donors (Lipinski definition) is 1. The number of para-hydroxylation sites is 1. The highest BCUT2D eigenvalue weighted by molar-refractivity contribution is 6.03. The van der Waals surface area contributed by atoms with Crippen molar-refractivity contribution in [1.82, 2.24) is 24.8 Å². The van der Waals surface area contributed by atoms with Gasteiger partial charge in [0.05, 0.1) is 29.6 Å². The number of anilines is 1. The number of aliphatic hydroxyl groups excluding tert-OH is 1. The van der Waals surface area contributed by atoms with Crippen molar-refractivity contribution in [3.8, 4) is 5.75 Å². The molecule has 1 spiro atoms. The molecule has 3 aromatic rings. The van der Waals surface area contributed by atoms with Gasteiger partial charge in [0.1, 0.15) is 29.6 Å². The maximum atomic E-state index is 15.0. The van der Waals surface area contributed by atoms with Crippen LogP contribution in [0.1, 0.15) is 52.4 Å². The highest BCUT2D eigenvalue weighted by Gasteiger charge is 2.79. The van der Waals surface area contributed by atoms with E-state index in [0.29, 0.717) is 68.6 Å². The van der Waals surface area contributed by atoms with Gasteiger partial charge in [-0.1, -0.05) is 36.4 Å². The molecule has 0 aliphatic carbocycles. The Bertz CT molecular complexity index is 1730. The van der Waals surface area contributed by atoms with E-state index in [4.69, 9.17) is 9.47 Å². The van der Waals surface area contributed by atoms with Crippen molar-refractivity contribution in [3.05, 3.63) is 73.8 Å². The van der Waals surface area contributed by atoms with Crippen LogP contribution in [0.3, 0.4) is 0 Å². The molecule has 3 aliphatic rings. The number of ether oxygens (including phenoxy) is 2. The van der Waals surface area contributed by atoms with E-state index in [2.05, 4.69) is 23.5 Å². The SMILES string of the molecule is C=CCN(Cn1nnc2ccccc21)C(=O)C1N(CCCCCO)C(=O)[C@@H]2[C@@H](C(=O)N(CC=C)c3ccc(OCC)cc3)[C@@]3(CC)CCC12O3. The second-order valence-corrected chi connectivity index (χ2v) is 13.4. The predicted molar refractivity (Wildman–Crippen MR) is 189 cm³/mol. The van der Waals surface area contributed by atoms with Crippen LogP contribution in [0.2, 0.25) is 0 Å². The first-order valence-electron chi connectivity index (χ1n) is 17.7. The zero-order valence-electron chi connectivity index (χ0n) is 29.1. The largest absolute Gasteiger partial charge is 0.494 e. The molecule has 266 valence electrons. The van der Waals surface area contributed by atoms with E-state index in [-0.39, 0.29) is 44.1 Å². The standard InChI is InChI=1S/C38H48N6O6/c1-5-22-41(26-44-30-15-11-10-14-29(30)39-40-44)36(48)33-38-21-20-37(7-3,50-38)31(32(38)35(47)43(33)24-12-9-13-25-45)34(46)42(23-6-2)27-16-18-28(19-17-27)49-8-4/h5-6,10-11,14-19,31-33,45H,1-2,7-9,12-13,20-26H2,3-4H3/t31-,32-,33?,37+,38?/m0/s1. The molecular weight excluding hydrogens is 636 g/mol. The lowest BCUT2D eigenvalue weighted by Crippen LogP contribution is -2.56. The lowest BCUT2D eigenvalue weighted by Gasteiger charge is -2.37. The maximum absolute atomic E-state index is 15.0. The van der Waals surface area contributed by atoms with E-state index < -0.39 is 29.1 Å². The summed E-state index contributed by atoms with van der Waals surface area (Å²) in [6.45, 7) is 13.2. The number of fused-ring (bicyclic) bond motifs is 2. The van der Waals surface area contributed by atoms with Crippen LogP contribution in [0.4, 0.5) is 5.69 Å². The molecule has 0 saturated carbocycles. The number of likely N-dealkylation sites (tertiary alicyclic amines) is 1. The van der Waals surface area contributed by atoms with Crippen LogP contribution in [0.15, 0.2) is 73.8 Å². The lowest BCUT2D eigenvalue weighted by molar-refractivity contribution is -0.153. The maximum Gasteiger partial charge on any atom is 0.250 e. The number of aromatic nitrogens is 3. The lowest BCUT2D eigenvalue weighted by atomic mass is 9.64. The molecule has 3 fully saturated rings. The summed E-state index contributed by atoms with van der Waals surface area (Å²) < 4.78 is 14.4. The van der Waals surface area contributed by atoms with Crippen LogP contribution in [0.25, 0.3) is 11.0 Å². The number of benzene rings is 2. The van der Waals surface area contributed by atoms with Crippen LogP contribution in [-0.4, -0.2) is 97.7 Å². The summed E-state index contributed by atoms with van der Waals surface area (Å²) in [6.07, 6.45) is 6.74. The first kappa shape index (κ1) is 35.3. The Kier molecular flexibility index (Phi) is 10.4. The van der Waals surface area contributed by atoms with Crippen LogP contribution in [0.5, 0.6) is 5.75 Å². The average Bonchev–Trinajstić information content (AvgIpc) is 3.86. The summed E-state index contributed by atoms with van der Waals surface area (Å²) in [5.41, 5.74) is 0.0508. The summed E-state index contributed by atoms with van der Waals surface area (Å²) in [5, 5.41) is 18.0. The number of carbonyl (C=O) groups is 3. The van der Waals surface area contributed by atoms with Gasteiger partial charge in [-0.3, -0.25) is 14.4 Å². The molecule has 2 unspecified atom stereocenters. The first-order valence-corrected chi connectivity index (χ1v) is 17.7. The van der Waals surface area contributed by atoms with Gasteiger partial charge in [0.2, 0.25) is 17.7 Å². The quantitative estimate of drug-likeness (QED) is 0.164. The first-order chi connectivity index (χ1) is 24.3. The van der Waals surface area contributed by atoms with Crippen molar-refractivity contribution in [2.45, 2.75) is 76.3 Å². The molecule has 5 atom stereocenters. The van der Waals surface area contributed by atoms with E-state index in [1.165, 1.54) is 0 Å². The molecule has 12 heteroatoms. The third-order valence-corrected chi connectivity index (χ3v) is 10.7. The fourth-order valence-corrected chi connectivity index (χ4v) is 8.42. The summed E-state index contributed by atoms with van der Waals surface area (Å²) in [4.78, 5) is 49.6. The monoisotopic (exact) mass is 684 g/mol. The molecule has 4 heterocycles. The molecule has 6 rings (SSSR count). The fraction of sp³-hybridized carbons (Fsp3) is 0.500. The van der Waals surface area contributed by atoms with Gasteiger partial charge in [-0.05, 0) is 81.8 Å². The Labute approximate surface area is 293 Å². The minimum atomic E-state index is -1.19. The number of nitrogens with zero attached hydrogens (tertiary/aromatic N) is 6. The molecule has 2 bridgehead atoms. The topological polar surface area (TPSA) is 130 Å². The molecule has 3 aliphatic heterocycles. The number of rotatable bonds is 17. The molecule has 1 N–H and O–H groups in total. The molecule has 2 aromatic carbocycles. The molecule has 12 nitrogen and oxygen atoms in total. The van der Waals surface area contributed by atoms with Gasteiger partial charge >= 0.3 is 0 Å². The third-order valence-electron chi connectivity index (χ3n) is 10.7. The molecule has 3 amide bonds. The van der Waals surface area contributed by atoms with Gasteiger partial charge in [-0.2, -0.15) is 0 Å². The number of amides is 3. The zero-order valence-corrected chi connectivity index (χ0v) is 29.1. The summed E-state index contributed by atoms with van der Waals surface area (Å²) >= 11 is 0. The molecule has 50 heavy (non-hydrogen) atoms. The van der Waals surface area contributed by atoms with Gasteiger partial charge in [0, 0.05) is 31.9 Å². The van der Waals surface area contributed by atoms with Gasteiger partial charge < -0.3 is 29.3 Å². The zero-order chi connectivity index (χ0) is 35.5. The minimum Gasteiger partial charge on any atom is -0.494 e. The molecule has 0 radical (unpaired) electrons. The van der Waals surface area contributed by atoms with Gasteiger partial charge in [0.15, 0.2) is 0 Å². The van der Waals surface area contributed by atoms with Gasteiger partial charge in [-0.15, -0.1) is 18.3 Å². The Balaban J connectivity index is 1.39. The van der Waals surface area contributed by atoms with Crippen molar-refractivity contribution in [2.24, 2.45) is 11.8 Å². The summed E-state index contributed by atoms with van der Waals surface area (Å²) in [5.74, 6) is -1.69. The van der Waals surface area contributed by atoms with E-state index in [9.17, 15) is 19.5 Å². The number of carbonyl (C=O) groups excluding carboxylic acids is 3. The van der Waals surface area contributed by atoms with E-state index >= 15 is 0 Å². The number of aliphatic hydroxyl groups is 1. The van der Waals surface area contributed by atoms with Crippen LogP contribution in [0, 0.1) is 11.8 Å². The molecule has 3 saturated heterocycles. The van der Waals surface area contributed by atoms with E-state index in [1.54, 1.807) is 31.5 Å². The number of unbranched alkanes of at least 4 members (excludes halogenated alkanes) is 2. The van der Waals surface area contributed by atoms with Crippen molar-refractivity contribution >= 4 is 34.4 Å². The van der Waals surface area contributed by atoms with Gasteiger partial charge in [-0.25, -0.2) is 4.68 Å². The van der Waals surface area contributed by atoms with Crippen molar-refractivity contribution in [2.75, 3.05) is 37.7 Å². The highest BCUT2D eigenvalue weighted by Crippen LogP contribution is 2.64. The predicted octanol–water partition coefficient (Wildman–Crippen LogP) is 4.34. The Morgan fingerprint density at radius 2 is 1.80 bits per heavy atom. The Morgan fingerprint density at radius 1 is 1.04 bits per heavy atom. The van der Waals surface area contributed by atoms with Crippen LogP contribution < -0.4 is 9.64 Å². The number of hydrogen-bond acceptors (Lipinski definition) is 8. The van der Waals surface area contributed by atoms with E-state index in [0.717, 1.165) is 5.52 Å². The van der Waals surface area contributed by atoms with Crippen molar-refractivity contribution < 1.29 is 29.0 Å². The summed E-state index contributed by atoms with van der Waals surface area (Å²) in [7, 11) is 0. The Morgan fingerprint density at radius 3 is 2.50 bits per heavy atom.